The van der Waals surface area contributed by atoms with Crippen molar-refractivity contribution in [2.24, 2.45) is 0 Å². The zero-order valence-corrected chi connectivity index (χ0v) is 17.8. The lowest BCUT2D eigenvalue weighted by Crippen LogP contribution is -2.29. The van der Waals surface area contributed by atoms with Gasteiger partial charge in [-0.15, -0.1) is 0 Å². The molecule has 0 bridgehead atoms. The van der Waals surface area contributed by atoms with Crippen LogP contribution in [0, 0.1) is 6.92 Å². The fourth-order valence-corrected chi connectivity index (χ4v) is 4.17. The van der Waals surface area contributed by atoms with E-state index in [1.807, 2.05) is 67.2 Å². The molecule has 2 heterocycles. The summed E-state index contributed by atoms with van der Waals surface area (Å²) in [6.45, 7) is 7.36. The fraction of sp³-hybridized carbons (Fsp3) is 0.360. The first-order valence-corrected chi connectivity index (χ1v) is 10.8. The van der Waals surface area contributed by atoms with Gasteiger partial charge in [0.25, 0.3) is 5.91 Å². The highest BCUT2D eigenvalue weighted by molar-refractivity contribution is 5.94. The maximum Gasteiger partial charge on any atom is 0.251 e. The number of rotatable bonds is 6. The van der Waals surface area contributed by atoms with E-state index in [0.717, 1.165) is 23.5 Å². The lowest BCUT2D eigenvalue weighted by Gasteiger charge is -2.26. The molecule has 5 nitrogen and oxygen atoms in total. The van der Waals surface area contributed by atoms with Gasteiger partial charge >= 0.3 is 0 Å². The van der Waals surface area contributed by atoms with Gasteiger partial charge in [0.2, 0.25) is 0 Å². The van der Waals surface area contributed by atoms with Gasteiger partial charge in [0.1, 0.15) is 0 Å². The molecule has 4 rings (SSSR count). The molecule has 30 heavy (non-hydrogen) atoms. The lowest BCUT2D eigenvalue weighted by atomic mass is 10.1. The molecule has 3 aromatic rings. The Morgan fingerprint density at radius 2 is 1.73 bits per heavy atom. The Bertz CT molecular complexity index is 972. The van der Waals surface area contributed by atoms with Crippen LogP contribution in [-0.2, 0) is 6.54 Å². The highest BCUT2D eigenvalue weighted by Crippen LogP contribution is 2.21. The first-order valence-electron chi connectivity index (χ1n) is 10.8. The van der Waals surface area contributed by atoms with Crippen molar-refractivity contribution in [3.05, 3.63) is 83.2 Å². The third kappa shape index (κ3) is 4.62. The minimum atomic E-state index is -0.122. The van der Waals surface area contributed by atoms with Gasteiger partial charge in [-0.1, -0.05) is 36.8 Å². The number of nitrogens with zero attached hydrogens (tertiary/aromatic N) is 3. The Balaban J connectivity index is 1.39. The van der Waals surface area contributed by atoms with Gasteiger partial charge in [-0.25, -0.2) is 4.68 Å². The molecule has 2 aromatic carbocycles. The van der Waals surface area contributed by atoms with E-state index < -0.39 is 0 Å². The highest BCUT2D eigenvalue weighted by atomic mass is 16.1. The highest BCUT2D eigenvalue weighted by Gasteiger charge is 2.17. The van der Waals surface area contributed by atoms with E-state index >= 15 is 0 Å². The average Bonchev–Trinajstić information content (AvgIpc) is 3.17. The Labute approximate surface area is 178 Å². The third-order valence-corrected chi connectivity index (χ3v) is 5.93. The smallest absolute Gasteiger partial charge is 0.251 e. The van der Waals surface area contributed by atoms with Crippen molar-refractivity contribution in [2.75, 3.05) is 13.1 Å². The molecule has 0 aliphatic carbocycles. The topological polar surface area (TPSA) is 50.2 Å². The van der Waals surface area contributed by atoms with Crippen LogP contribution in [-0.4, -0.2) is 33.7 Å². The number of amides is 1. The van der Waals surface area contributed by atoms with Crippen LogP contribution < -0.4 is 5.32 Å². The van der Waals surface area contributed by atoms with Gasteiger partial charge in [-0.3, -0.25) is 9.69 Å². The molecule has 156 valence electrons. The summed E-state index contributed by atoms with van der Waals surface area (Å²) in [4.78, 5) is 15.3. The average molecular weight is 403 g/mol. The normalized spacial score (nSPS) is 15.7. The minimum absolute atomic E-state index is 0.0566. The molecule has 5 heteroatoms. The number of nitrogens with one attached hydrogen (secondary N) is 1. The van der Waals surface area contributed by atoms with Gasteiger partial charge < -0.3 is 5.32 Å². The second kappa shape index (κ2) is 9.26. The van der Waals surface area contributed by atoms with E-state index in [0.29, 0.717) is 5.56 Å². The maximum atomic E-state index is 12.8. The number of piperidine rings is 1. The van der Waals surface area contributed by atoms with Crippen LogP contribution in [0.1, 0.15) is 59.4 Å². The number of hydrogen-bond donors (Lipinski definition) is 1. The molecular weight excluding hydrogens is 372 g/mol. The molecule has 1 saturated heterocycles. The minimum Gasteiger partial charge on any atom is -0.345 e. The Hall–Kier alpha value is -2.92. The largest absolute Gasteiger partial charge is 0.345 e. The quantitative estimate of drug-likeness (QED) is 0.652. The molecule has 1 N–H and O–H groups in total. The van der Waals surface area contributed by atoms with Crippen LogP contribution in [0.15, 0.2) is 60.8 Å². The lowest BCUT2D eigenvalue weighted by molar-refractivity contribution is 0.0940. The predicted octanol–water partition coefficient (Wildman–Crippen LogP) is 4.66. The molecule has 0 spiro atoms. The van der Waals surface area contributed by atoms with Crippen molar-refractivity contribution >= 4 is 5.91 Å². The number of carbonyl (C=O) groups excluding carboxylic acids is 1. The Morgan fingerprint density at radius 1 is 1.03 bits per heavy atom. The predicted molar refractivity (Wildman–Crippen MR) is 120 cm³/mol. The van der Waals surface area contributed by atoms with Gasteiger partial charge in [0.15, 0.2) is 0 Å². The zero-order valence-electron chi connectivity index (χ0n) is 17.8. The van der Waals surface area contributed by atoms with Gasteiger partial charge in [-0.05, 0) is 69.6 Å². The molecule has 0 saturated carbocycles. The van der Waals surface area contributed by atoms with E-state index in [1.165, 1.54) is 37.9 Å². The van der Waals surface area contributed by atoms with E-state index in [-0.39, 0.29) is 11.9 Å². The Kier molecular flexibility index (Phi) is 6.29. The molecule has 1 aliphatic rings. The number of carbonyl (C=O) groups is 1. The van der Waals surface area contributed by atoms with Crippen molar-refractivity contribution in [2.45, 2.75) is 45.7 Å². The second-order valence-corrected chi connectivity index (χ2v) is 8.16. The summed E-state index contributed by atoms with van der Waals surface area (Å²) >= 11 is 0. The molecule has 1 aromatic heterocycles. The van der Waals surface area contributed by atoms with Crippen LogP contribution in [0.2, 0.25) is 0 Å². The third-order valence-electron chi connectivity index (χ3n) is 5.93. The number of aromatic nitrogens is 2. The summed E-state index contributed by atoms with van der Waals surface area (Å²) in [6.07, 6.45) is 5.77. The molecule has 1 fully saturated rings. The first-order chi connectivity index (χ1) is 14.6. The summed E-state index contributed by atoms with van der Waals surface area (Å²) in [5.74, 6) is -0.0566. The molecule has 0 radical (unpaired) electrons. The molecule has 1 amide bonds. The summed E-state index contributed by atoms with van der Waals surface area (Å²) in [7, 11) is 0. The first kappa shape index (κ1) is 20.4. The summed E-state index contributed by atoms with van der Waals surface area (Å²) in [6, 6.07) is 17.9. The van der Waals surface area contributed by atoms with Crippen molar-refractivity contribution in [3.63, 3.8) is 0 Å². The van der Waals surface area contributed by atoms with E-state index in [4.69, 9.17) is 0 Å². The summed E-state index contributed by atoms with van der Waals surface area (Å²) in [5, 5.41) is 7.63. The van der Waals surface area contributed by atoms with Crippen LogP contribution in [0.5, 0.6) is 0 Å². The van der Waals surface area contributed by atoms with Crippen LogP contribution in [0.4, 0.5) is 0 Å². The molecular formula is C25H30N4O. The van der Waals surface area contributed by atoms with Gasteiger partial charge in [0, 0.05) is 23.4 Å². The number of para-hydroxylation sites is 1. The zero-order chi connectivity index (χ0) is 20.9. The standard InChI is InChI=1S/C25H30N4O/c1-19(24-17-26-29(20(24)2)23-9-5-3-6-10-23)27-25(30)22-13-11-21(12-14-22)18-28-15-7-4-8-16-28/h3,5-6,9-14,17,19H,4,7-8,15-16,18H2,1-2H3,(H,27,30)/t19-/m0/s1. The van der Waals surface area contributed by atoms with Crippen molar-refractivity contribution in [1.82, 2.24) is 20.0 Å². The summed E-state index contributed by atoms with van der Waals surface area (Å²) < 4.78 is 1.91. The fourth-order valence-electron chi connectivity index (χ4n) is 4.17. The van der Waals surface area contributed by atoms with E-state index in [9.17, 15) is 4.79 Å². The van der Waals surface area contributed by atoms with Crippen LogP contribution >= 0.6 is 0 Å². The molecule has 1 atom stereocenters. The SMILES string of the molecule is Cc1c([C@H](C)NC(=O)c2ccc(CN3CCCCC3)cc2)cnn1-c1ccccc1. The molecule has 1 aliphatic heterocycles. The van der Waals surface area contributed by atoms with Crippen LogP contribution in [0.3, 0.4) is 0 Å². The second-order valence-electron chi connectivity index (χ2n) is 8.16. The monoisotopic (exact) mass is 402 g/mol. The maximum absolute atomic E-state index is 12.8. The van der Waals surface area contributed by atoms with E-state index in [1.54, 1.807) is 0 Å². The van der Waals surface area contributed by atoms with Crippen LogP contribution in [0.25, 0.3) is 5.69 Å². The van der Waals surface area contributed by atoms with Gasteiger partial charge in [-0.2, -0.15) is 5.10 Å². The van der Waals surface area contributed by atoms with Gasteiger partial charge in [0.05, 0.1) is 17.9 Å². The number of likely N-dealkylation sites (tertiary alicyclic amines) is 1. The van der Waals surface area contributed by atoms with Crippen molar-refractivity contribution in [3.8, 4) is 5.69 Å². The number of benzene rings is 2. The van der Waals surface area contributed by atoms with Crippen molar-refractivity contribution in [1.29, 1.82) is 0 Å². The molecule has 0 unspecified atom stereocenters. The Morgan fingerprint density at radius 3 is 2.43 bits per heavy atom. The number of hydrogen-bond acceptors (Lipinski definition) is 3. The summed E-state index contributed by atoms with van der Waals surface area (Å²) in [5.41, 5.74) is 5.03. The van der Waals surface area contributed by atoms with E-state index in [2.05, 4.69) is 27.4 Å². The van der Waals surface area contributed by atoms with Crippen molar-refractivity contribution < 1.29 is 4.79 Å².